The van der Waals surface area contributed by atoms with Gasteiger partial charge in [-0.1, -0.05) is 0 Å². The van der Waals surface area contributed by atoms with Crippen LogP contribution in [-0.4, -0.2) is 35.4 Å². The van der Waals surface area contributed by atoms with Gasteiger partial charge in [0.05, 0.1) is 12.5 Å². The molecule has 2 aliphatic rings. The van der Waals surface area contributed by atoms with Gasteiger partial charge in [0.15, 0.2) is 0 Å². The van der Waals surface area contributed by atoms with E-state index in [1.807, 2.05) is 6.07 Å². The molecule has 1 aliphatic heterocycles. The number of carbonyl (C=O) groups is 1. The van der Waals surface area contributed by atoms with Gasteiger partial charge in [0.25, 0.3) is 0 Å². The number of likely N-dealkylation sites (tertiary alicyclic amines) is 1. The summed E-state index contributed by atoms with van der Waals surface area (Å²) in [6.07, 6.45) is -0.450. The molecule has 1 saturated heterocycles. The molecule has 2 rings (SSSR count). The lowest BCUT2D eigenvalue weighted by atomic mass is 10.1. The lowest BCUT2D eigenvalue weighted by molar-refractivity contribution is 0.0240. The highest BCUT2D eigenvalue weighted by molar-refractivity contribution is 5.69. The molecule has 5 heteroatoms. The SMILES string of the molecule is CC(C)(C)OC(=O)N1CC2C(C1)C2(F)CC#N. The van der Waals surface area contributed by atoms with Gasteiger partial charge in [0.2, 0.25) is 0 Å². The molecule has 0 N–H and O–H groups in total. The predicted molar refractivity (Wildman–Crippen MR) is 58.9 cm³/mol. The first kappa shape index (κ1) is 12.2. The van der Waals surface area contributed by atoms with E-state index in [4.69, 9.17) is 10.00 Å². The van der Waals surface area contributed by atoms with Gasteiger partial charge in [0, 0.05) is 24.9 Å². The average molecular weight is 240 g/mol. The summed E-state index contributed by atoms with van der Waals surface area (Å²) in [5.41, 5.74) is -1.88. The number of piperidine rings is 1. The molecule has 0 aromatic heterocycles. The summed E-state index contributed by atoms with van der Waals surface area (Å²) in [5.74, 6) is -0.343. The lowest BCUT2D eigenvalue weighted by Gasteiger charge is -2.26. The van der Waals surface area contributed by atoms with Gasteiger partial charge in [-0.2, -0.15) is 5.26 Å². The Morgan fingerprint density at radius 1 is 1.53 bits per heavy atom. The lowest BCUT2D eigenvalue weighted by Crippen LogP contribution is -2.38. The first-order valence-electron chi connectivity index (χ1n) is 5.82. The van der Waals surface area contributed by atoms with Crippen LogP contribution in [0.3, 0.4) is 0 Å². The van der Waals surface area contributed by atoms with Crippen LogP contribution in [0.25, 0.3) is 0 Å². The normalized spacial score (nSPS) is 35.1. The number of hydrogen-bond donors (Lipinski definition) is 0. The molecular formula is C12H17FN2O2. The molecule has 0 spiro atoms. The number of nitriles is 1. The number of rotatable bonds is 1. The quantitative estimate of drug-likeness (QED) is 0.705. The summed E-state index contributed by atoms with van der Waals surface area (Å²) in [7, 11) is 0. The zero-order valence-electron chi connectivity index (χ0n) is 10.4. The van der Waals surface area contributed by atoms with Gasteiger partial charge in [0.1, 0.15) is 11.3 Å². The van der Waals surface area contributed by atoms with Crippen LogP contribution in [-0.2, 0) is 4.74 Å². The summed E-state index contributed by atoms with van der Waals surface area (Å²) in [5, 5.41) is 8.53. The molecule has 2 unspecified atom stereocenters. The Labute approximate surface area is 100 Å². The van der Waals surface area contributed by atoms with E-state index in [-0.39, 0.29) is 24.3 Å². The standard InChI is InChI=1S/C12H17FN2O2/c1-11(2,3)17-10(16)15-6-8-9(7-15)12(8,13)4-5-14/h8-9H,4,6-7H2,1-3H3. The van der Waals surface area contributed by atoms with E-state index in [9.17, 15) is 9.18 Å². The average Bonchev–Trinajstić information content (AvgIpc) is 2.61. The van der Waals surface area contributed by atoms with E-state index < -0.39 is 11.3 Å². The van der Waals surface area contributed by atoms with Gasteiger partial charge in [-0.25, -0.2) is 9.18 Å². The molecule has 0 bridgehead atoms. The Morgan fingerprint density at radius 2 is 2.06 bits per heavy atom. The molecule has 0 radical (unpaired) electrons. The fraction of sp³-hybridized carbons (Fsp3) is 0.833. The van der Waals surface area contributed by atoms with E-state index in [0.29, 0.717) is 13.1 Å². The van der Waals surface area contributed by atoms with E-state index in [2.05, 4.69) is 0 Å². The van der Waals surface area contributed by atoms with Gasteiger partial charge in [-0.15, -0.1) is 0 Å². The van der Waals surface area contributed by atoms with Gasteiger partial charge < -0.3 is 9.64 Å². The van der Waals surface area contributed by atoms with Crippen LogP contribution in [0, 0.1) is 23.2 Å². The van der Waals surface area contributed by atoms with Gasteiger partial charge in [-0.05, 0) is 20.8 Å². The Morgan fingerprint density at radius 3 is 2.47 bits per heavy atom. The van der Waals surface area contributed by atoms with Crippen LogP contribution in [0.4, 0.5) is 9.18 Å². The number of amides is 1. The van der Waals surface area contributed by atoms with Crippen LogP contribution >= 0.6 is 0 Å². The van der Waals surface area contributed by atoms with E-state index in [0.717, 1.165) is 0 Å². The summed E-state index contributed by atoms with van der Waals surface area (Å²) in [6, 6.07) is 1.87. The summed E-state index contributed by atoms with van der Waals surface area (Å²) in [4.78, 5) is 13.2. The maximum Gasteiger partial charge on any atom is 0.410 e. The third-order valence-corrected chi connectivity index (χ3v) is 3.45. The minimum atomic E-state index is -1.35. The third-order valence-electron chi connectivity index (χ3n) is 3.45. The first-order chi connectivity index (χ1) is 7.78. The van der Waals surface area contributed by atoms with E-state index in [1.165, 1.54) is 4.90 Å². The van der Waals surface area contributed by atoms with Crippen molar-refractivity contribution >= 4 is 6.09 Å². The van der Waals surface area contributed by atoms with Crippen molar-refractivity contribution in [3.05, 3.63) is 0 Å². The second-order valence-corrected chi connectivity index (χ2v) is 5.86. The molecule has 0 aromatic rings. The molecule has 4 nitrogen and oxygen atoms in total. The van der Waals surface area contributed by atoms with Crippen molar-refractivity contribution in [2.45, 2.75) is 38.5 Å². The number of alkyl halides is 1. The zero-order valence-corrected chi connectivity index (χ0v) is 10.4. The highest BCUT2D eigenvalue weighted by atomic mass is 19.1. The van der Waals surface area contributed by atoms with Crippen molar-refractivity contribution in [3.8, 4) is 6.07 Å². The zero-order chi connectivity index (χ0) is 12.8. The number of fused-ring (bicyclic) bond motifs is 1. The largest absolute Gasteiger partial charge is 0.444 e. The molecular weight excluding hydrogens is 223 g/mol. The smallest absolute Gasteiger partial charge is 0.410 e. The third kappa shape index (κ3) is 2.08. The summed E-state index contributed by atoms with van der Waals surface area (Å²) in [6.45, 7) is 6.15. The second kappa shape index (κ2) is 3.59. The molecule has 0 aromatic carbocycles. The van der Waals surface area contributed by atoms with Crippen LogP contribution in [0.5, 0.6) is 0 Å². The van der Waals surface area contributed by atoms with Crippen molar-refractivity contribution in [1.29, 1.82) is 5.26 Å². The highest BCUT2D eigenvalue weighted by Gasteiger charge is 2.70. The molecule has 2 atom stereocenters. The topological polar surface area (TPSA) is 53.3 Å². The Bertz CT molecular complexity index is 371. The van der Waals surface area contributed by atoms with E-state index in [1.54, 1.807) is 20.8 Å². The maximum absolute atomic E-state index is 14.0. The summed E-state index contributed by atoms with van der Waals surface area (Å²) >= 11 is 0. The van der Waals surface area contributed by atoms with Crippen molar-refractivity contribution < 1.29 is 13.9 Å². The highest BCUT2D eigenvalue weighted by Crippen LogP contribution is 2.60. The van der Waals surface area contributed by atoms with Crippen molar-refractivity contribution in [2.75, 3.05) is 13.1 Å². The second-order valence-electron chi connectivity index (χ2n) is 5.86. The molecule has 17 heavy (non-hydrogen) atoms. The molecule has 94 valence electrons. The predicted octanol–water partition coefficient (Wildman–Crippen LogP) is 2.11. The number of halogens is 1. The van der Waals surface area contributed by atoms with Crippen LogP contribution < -0.4 is 0 Å². The van der Waals surface area contributed by atoms with Crippen molar-refractivity contribution in [2.24, 2.45) is 11.8 Å². The Balaban J connectivity index is 1.88. The summed E-state index contributed by atoms with van der Waals surface area (Å²) < 4.78 is 19.2. The molecule has 2 fully saturated rings. The molecule has 1 saturated carbocycles. The minimum Gasteiger partial charge on any atom is -0.444 e. The Hall–Kier alpha value is -1.31. The maximum atomic E-state index is 14.0. The van der Waals surface area contributed by atoms with Crippen LogP contribution in [0.2, 0.25) is 0 Å². The Kier molecular flexibility index (Phi) is 2.57. The number of ether oxygens (including phenoxy) is 1. The fourth-order valence-corrected chi connectivity index (χ4v) is 2.53. The number of hydrogen-bond acceptors (Lipinski definition) is 3. The number of carbonyl (C=O) groups excluding carboxylic acids is 1. The number of nitrogens with zero attached hydrogens (tertiary/aromatic N) is 2. The first-order valence-corrected chi connectivity index (χ1v) is 5.82. The molecule has 1 amide bonds. The van der Waals surface area contributed by atoms with Crippen molar-refractivity contribution in [3.63, 3.8) is 0 Å². The van der Waals surface area contributed by atoms with Gasteiger partial charge >= 0.3 is 6.09 Å². The van der Waals surface area contributed by atoms with Gasteiger partial charge in [-0.3, -0.25) is 0 Å². The van der Waals surface area contributed by atoms with Crippen molar-refractivity contribution in [1.82, 2.24) is 4.90 Å². The minimum absolute atomic E-state index is 0.0650. The van der Waals surface area contributed by atoms with Crippen LogP contribution in [0.15, 0.2) is 0 Å². The molecule has 1 aliphatic carbocycles. The monoisotopic (exact) mass is 240 g/mol. The van der Waals surface area contributed by atoms with E-state index >= 15 is 0 Å². The fourth-order valence-electron chi connectivity index (χ4n) is 2.53. The van der Waals surface area contributed by atoms with Crippen LogP contribution in [0.1, 0.15) is 27.2 Å². The molecule has 1 heterocycles.